The molecule has 3 aromatic carbocycles. The third kappa shape index (κ3) is 6.37. The van der Waals surface area contributed by atoms with Crippen LogP contribution in [-0.2, 0) is 4.79 Å². The molecule has 0 saturated carbocycles. The van der Waals surface area contributed by atoms with Crippen molar-refractivity contribution >= 4 is 35.4 Å². The standard InChI is InChI=1S/C23H18ClN3O6/c1-15(32-21-9-5-3-7-19(21)27(30)31)22(28)26-25-14-17-6-2-4-8-20(17)33-23(29)16-10-12-18(24)13-11-16/h2-15H,1H3,(H,26,28)/b25-14-/t15-/m0/s1. The molecule has 9 nitrogen and oxygen atoms in total. The minimum atomic E-state index is -1.05. The Balaban J connectivity index is 1.63. The summed E-state index contributed by atoms with van der Waals surface area (Å²) >= 11 is 5.83. The molecule has 0 heterocycles. The predicted octanol–water partition coefficient (Wildman–Crippen LogP) is 4.39. The van der Waals surface area contributed by atoms with Crippen LogP contribution in [0, 0.1) is 10.1 Å². The monoisotopic (exact) mass is 467 g/mol. The Bertz CT molecular complexity index is 1200. The van der Waals surface area contributed by atoms with E-state index in [-0.39, 0.29) is 17.2 Å². The Labute approximate surface area is 193 Å². The van der Waals surface area contributed by atoms with Gasteiger partial charge in [0.25, 0.3) is 5.91 Å². The van der Waals surface area contributed by atoms with Gasteiger partial charge in [0.1, 0.15) is 5.75 Å². The third-order valence-corrected chi connectivity index (χ3v) is 4.57. The zero-order valence-corrected chi connectivity index (χ0v) is 18.1. The molecule has 168 valence electrons. The zero-order valence-electron chi connectivity index (χ0n) is 17.3. The molecule has 0 aromatic heterocycles. The Morgan fingerprint density at radius 2 is 1.67 bits per heavy atom. The van der Waals surface area contributed by atoms with Crippen LogP contribution in [0.15, 0.2) is 77.9 Å². The molecule has 10 heteroatoms. The van der Waals surface area contributed by atoms with Crippen molar-refractivity contribution in [3.63, 3.8) is 0 Å². The van der Waals surface area contributed by atoms with Crippen molar-refractivity contribution in [3.05, 3.63) is 99.1 Å². The Morgan fingerprint density at radius 3 is 2.36 bits per heavy atom. The molecule has 0 aliphatic rings. The van der Waals surface area contributed by atoms with Gasteiger partial charge in [0.05, 0.1) is 16.7 Å². The van der Waals surface area contributed by atoms with Gasteiger partial charge < -0.3 is 9.47 Å². The second kappa shape index (κ2) is 10.9. The summed E-state index contributed by atoms with van der Waals surface area (Å²) < 4.78 is 10.8. The van der Waals surface area contributed by atoms with E-state index < -0.39 is 22.9 Å². The van der Waals surface area contributed by atoms with E-state index in [1.165, 1.54) is 31.3 Å². The number of para-hydroxylation sites is 3. The summed E-state index contributed by atoms with van der Waals surface area (Å²) in [7, 11) is 0. The molecular weight excluding hydrogens is 450 g/mol. The minimum Gasteiger partial charge on any atom is -0.474 e. The highest BCUT2D eigenvalue weighted by molar-refractivity contribution is 6.30. The molecule has 0 fully saturated rings. The maximum atomic E-state index is 12.4. The van der Waals surface area contributed by atoms with Crippen LogP contribution in [0.3, 0.4) is 0 Å². The van der Waals surface area contributed by atoms with Crippen molar-refractivity contribution in [2.24, 2.45) is 5.10 Å². The van der Waals surface area contributed by atoms with Gasteiger partial charge in [-0.15, -0.1) is 0 Å². The lowest BCUT2D eigenvalue weighted by atomic mass is 10.2. The third-order valence-electron chi connectivity index (χ3n) is 4.31. The van der Waals surface area contributed by atoms with Gasteiger partial charge >= 0.3 is 11.7 Å². The second-order valence-corrected chi connectivity index (χ2v) is 7.09. The quantitative estimate of drug-likeness (QED) is 0.172. The normalized spacial score (nSPS) is 11.6. The highest BCUT2D eigenvalue weighted by Gasteiger charge is 2.20. The summed E-state index contributed by atoms with van der Waals surface area (Å²) in [5.74, 6) is -1.00. The van der Waals surface area contributed by atoms with Crippen molar-refractivity contribution in [1.29, 1.82) is 0 Å². The van der Waals surface area contributed by atoms with Crippen LogP contribution < -0.4 is 14.9 Å². The van der Waals surface area contributed by atoms with Crippen molar-refractivity contribution in [2.45, 2.75) is 13.0 Å². The number of hydrogen-bond donors (Lipinski definition) is 1. The molecular formula is C23H18ClN3O6. The first kappa shape index (κ1) is 23.4. The van der Waals surface area contributed by atoms with Gasteiger partial charge in [0, 0.05) is 16.7 Å². The number of nitrogens with zero attached hydrogens (tertiary/aromatic N) is 2. The highest BCUT2D eigenvalue weighted by atomic mass is 35.5. The number of ether oxygens (including phenoxy) is 2. The van der Waals surface area contributed by atoms with Crippen molar-refractivity contribution in [1.82, 2.24) is 5.43 Å². The number of carbonyl (C=O) groups excluding carboxylic acids is 2. The number of esters is 1. The van der Waals surface area contributed by atoms with Crippen LogP contribution in [0.4, 0.5) is 5.69 Å². The molecule has 0 aliphatic heterocycles. The predicted molar refractivity (Wildman–Crippen MR) is 122 cm³/mol. The Morgan fingerprint density at radius 1 is 1.03 bits per heavy atom. The number of hydrogen-bond acceptors (Lipinski definition) is 7. The van der Waals surface area contributed by atoms with Crippen LogP contribution >= 0.6 is 11.6 Å². The van der Waals surface area contributed by atoms with E-state index in [0.717, 1.165) is 0 Å². The molecule has 0 saturated heterocycles. The molecule has 1 atom stereocenters. The first-order valence-corrected chi connectivity index (χ1v) is 10.0. The molecule has 1 amide bonds. The smallest absolute Gasteiger partial charge is 0.343 e. The topological polar surface area (TPSA) is 120 Å². The van der Waals surface area contributed by atoms with Gasteiger partial charge in [-0.25, -0.2) is 10.2 Å². The molecule has 0 radical (unpaired) electrons. The van der Waals surface area contributed by atoms with Crippen LogP contribution in [0.1, 0.15) is 22.8 Å². The average Bonchev–Trinajstić information content (AvgIpc) is 2.80. The van der Waals surface area contributed by atoms with E-state index in [9.17, 15) is 19.7 Å². The van der Waals surface area contributed by atoms with Crippen molar-refractivity contribution < 1.29 is 24.0 Å². The zero-order chi connectivity index (χ0) is 23.8. The number of amides is 1. The van der Waals surface area contributed by atoms with E-state index in [1.54, 1.807) is 54.6 Å². The van der Waals surface area contributed by atoms with Crippen LogP contribution in [0.25, 0.3) is 0 Å². The van der Waals surface area contributed by atoms with Gasteiger partial charge in [-0.3, -0.25) is 14.9 Å². The fraction of sp³-hybridized carbons (Fsp3) is 0.0870. The van der Waals surface area contributed by atoms with Gasteiger partial charge in [0.2, 0.25) is 0 Å². The van der Waals surface area contributed by atoms with Gasteiger partial charge in [-0.2, -0.15) is 5.10 Å². The van der Waals surface area contributed by atoms with Gasteiger partial charge in [-0.05, 0) is 49.4 Å². The van der Waals surface area contributed by atoms with Crippen LogP contribution in [-0.4, -0.2) is 29.1 Å². The Kier molecular flexibility index (Phi) is 7.72. The largest absolute Gasteiger partial charge is 0.474 e. The van der Waals surface area contributed by atoms with E-state index in [4.69, 9.17) is 21.1 Å². The van der Waals surface area contributed by atoms with E-state index in [1.807, 2.05) is 0 Å². The minimum absolute atomic E-state index is 0.0337. The number of benzene rings is 3. The summed E-state index contributed by atoms with van der Waals surface area (Å²) in [5, 5.41) is 15.4. The number of hydrazone groups is 1. The van der Waals surface area contributed by atoms with Crippen molar-refractivity contribution in [3.8, 4) is 11.5 Å². The highest BCUT2D eigenvalue weighted by Crippen LogP contribution is 2.26. The van der Waals surface area contributed by atoms with E-state index >= 15 is 0 Å². The van der Waals surface area contributed by atoms with Crippen molar-refractivity contribution in [2.75, 3.05) is 0 Å². The number of nitrogens with one attached hydrogen (secondary N) is 1. The number of carbonyl (C=O) groups is 2. The molecule has 0 spiro atoms. The number of rotatable bonds is 8. The molecule has 0 bridgehead atoms. The maximum Gasteiger partial charge on any atom is 0.343 e. The first-order valence-electron chi connectivity index (χ1n) is 9.65. The number of nitro groups is 1. The van der Waals surface area contributed by atoms with Gasteiger partial charge in [0.15, 0.2) is 11.9 Å². The van der Waals surface area contributed by atoms with Crippen LogP contribution in [0.5, 0.6) is 11.5 Å². The summed E-state index contributed by atoms with van der Waals surface area (Å²) in [5.41, 5.74) is 2.80. The fourth-order valence-corrected chi connectivity index (χ4v) is 2.76. The lowest BCUT2D eigenvalue weighted by Crippen LogP contribution is -2.33. The maximum absolute atomic E-state index is 12.4. The summed E-state index contributed by atoms with van der Waals surface area (Å²) in [4.78, 5) is 35.1. The summed E-state index contributed by atoms with van der Waals surface area (Å²) in [6, 6.07) is 18.6. The van der Waals surface area contributed by atoms with Crippen LogP contribution in [0.2, 0.25) is 5.02 Å². The van der Waals surface area contributed by atoms with Gasteiger partial charge in [-0.1, -0.05) is 35.9 Å². The first-order chi connectivity index (χ1) is 15.8. The molecule has 1 N–H and O–H groups in total. The SMILES string of the molecule is C[C@H](Oc1ccccc1[N+](=O)[O-])C(=O)N/N=C\c1ccccc1OC(=O)c1ccc(Cl)cc1. The summed E-state index contributed by atoms with van der Waals surface area (Å²) in [6.07, 6.45) is 0.251. The average molecular weight is 468 g/mol. The molecule has 3 rings (SSSR count). The lowest BCUT2D eigenvalue weighted by Gasteiger charge is -2.12. The number of halogens is 1. The molecule has 0 unspecified atom stereocenters. The van der Waals surface area contributed by atoms with E-state index in [0.29, 0.717) is 16.1 Å². The summed E-state index contributed by atoms with van der Waals surface area (Å²) in [6.45, 7) is 1.43. The second-order valence-electron chi connectivity index (χ2n) is 6.65. The molecule has 3 aromatic rings. The fourth-order valence-electron chi connectivity index (χ4n) is 2.63. The lowest BCUT2D eigenvalue weighted by molar-refractivity contribution is -0.386. The molecule has 33 heavy (non-hydrogen) atoms. The number of nitro benzene ring substituents is 1. The molecule has 0 aliphatic carbocycles. The Hall–Kier alpha value is -4.24. The van der Waals surface area contributed by atoms with E-state index in [2.05, 4.69) is 10.5 Å².